The molecular weight excluding hydrogens is 179 g/mol. The molecule has 1 nitrogen and oxygen atoms in total. The normalized spacial score (nSPS) is 9.50. The van der Waals surface area contributed by atoms with Crippen LogP contribution in [0, 0.1) is 5.82 Å². The topological polar surface area (TPSA) is 9.23 Å². The van der Waals surface area contributed by atoms with Crippen LogP contribution < -0.4 is 4.74 Å². The zero-order valence-corrected chi connectivity index (χ0v) is 7.14. The van der Waals surface area contributed by atoms with E-state index in [-0.39, 0.29) is 5.82 Å². The Morgan fingerprint density at radius 2 is 2.33 bits per heavy atom. The minimum absolute atomic E-state index is 0.323. The van der Waals surface area contributed by atoms with E-state index in [0.29, 0.717) is 17.4 Å². The van der Waals surface area contributed by atoms with Gasteiger partial charge in [-0.3, -0.25) is 0 Å². The summed E-state index contributed by atoms with van der Waals surface area (Å²) in [6.07, 6.45) is 1.57. The summed E-state index contributed by atoms with van der Waals surface area (Å²) in [6.45, 7) is 3.79. The van der Waals surface area contributed by atoms with Gasteiger partial charge < -0.3 is 4.74 Å². The number of hydrogen-bond donors (Lipinski definition) is 0. The average Bonchev–Trinajstić information content (AvgIpc) is 2.07. The highest BCUT2D eigenvalue weighted by Crippen LogP contribution is 2.24. The number of halogens is 2. The van der Waals surface area contributed by atoms with E-state index >= 15 is 0 Å². The van der Waals surface area contributed by atoms with Gasteiger partial charge in [0.25, 0.3) is 0 Å². The van der Waals surface area contributed by atoms with Crippen LogP contribution in [0.1, 0.15) is 0 Å². The summed E-state index contributed by atoms with van der Waals surface area (Å²) in [5.41, 5.74) is 0. The van der Waals surface area contributed by atoms with E-state index < -0.39 is 0 Å². The van der Waals surface area contributed by atoms with Crippen LogP contribution in [0.2, 0.25) is 5.02 Å². The first kappa shape index (κ1) is 9.07. The van der Waals surface area contributed by atoms with Gasteiger partial charge in [-0.15, -0.1) is 0 Å². The molecule has 0 amide bonds. The van der Waals surface area contributed by atoms with E-state index in [9.17, 15) is 4.39 Å². The van der Waals surface area contributed by atoms with Crippen LogP contribution >= 0.6 is 11.6 Å². The summed E-state index contributed by atoms with van der Waals surface area (Å²) in [5, 5.41) is 0.401. The van der Waals surface area contributed by atoms with Crippen LogP contribution in [-0.4, -0.2) is 6.61 Å². The monoisotopic (exact) mass is 186 g/mol. The fourth-order valence-corrected chi connectivity index (χ4v) is 0.909. The number of ether oxygens (including phenoxy) is 1. The third-order valence-electron chi connectivity index (χ3n) is 1.25. The molecule has 1 aromatic carbocycles. The van der Waals surface area contributed by atoms with Crippen molar-refractivity contribution < 1.29 is 9.13 Å². The average molecular weight is 187 g/mol. The molecule has 0 spiro atoms. The molecule has 0 aliphatic carbocycles. The van der Waals surface area contributed by atoms with Crippen LogP contribution in [0.15, 0.2) is 30.9 Å². The Kier molecular flexibility index (Phi) is 3.11. The van der Waals surface area contributed by atoms with Gasteiger partial charge in [-0.05, 0) is 12.1 Å². The van der Waals surface area contributed by atoms with Gasteiger partial charge >= 0.3 is 0 Å². The lowest BCUT2D eigenvalue weighted by Crippen LogP contribution is -1.93. The van der Waals surface area contributed by atoms with Crippen molar-refractivity contribution in [3.05, 3.63) is 41.7 Å². The third kappa shape index (κ3) is 2.24. The summed E-state index contributed by atoms with van der Waals surface area (Å²) in [4.78, 5) is 0. The maximum absolute atomic E-state index is 12.6. The molecule has 1 aromatic rings. The molecule has 0 aromatic heterocycles. The van der Waals surface area contributed by atoms with Gasteiger partial charge in [0.1, 0.15) is 18.2 Å². The van der Waals surface area contributed by atoms with Crippen molar-refractivity contribution in [3.8, 4) is 5.75 Å². The van der Waals surface area contributed by atoms with E-state index in [2.05, 4.69) is 6.58 Å². The van der Waals surface area contributed by atoms with Crippen molar-refractivity contribution in [2.24, 2.45) is 0 Å². The fourth-order valence-electron chi connectivity index (χ4n) is 0.737. The lowest BCUT2D eigenvalue weighted by molar-refractivity contribution is 0.361. The maximum Gasteiger partial charge on any atom is 0.141 e. The summed E-state index contributed by atoms with van der Waals surface area (Å²) < 4.78 is 17.7. The molecular formula is C9H8ClFO. The first-order valence-corrected chi connectivity index (χ1v) is 3.80. The molecule has 1 rings (SSSR count). The van der Waals surface area contributed by atoms with Gasteiger partial charge in [0, 0.05) is 6.07 Å². The fraction of sp³-hybridized carbons (Fsp3) is 0.111. The molecule has 64 valence electrons. The largest absolute Gasteiger partial charge is 0.488 e. The molecule has 0 N–H and O–H groups in total. The van der Waals surface area contributed by atoms with Gasteiger partial charge in [-0.2, -0.15) is 0 Å². The number of benzene rings is 1. The van der Waals surface area contributed by atoms with E-state index in [1.54, 1.807) is 6.08 Å². The van der Waals surface area contributed by atoms with Gasteiger partial charge in [-0.1, -0.05) is 24.3 Å². The van der Waals surface area contributed by atoms with E-state index in [1.807, 2.05) is 0 Å². The van der Waals surface area contributed by atoms with E-state index in [4.69, 9.17) is 16.3 Å². The van der Waals surface area contributed by atoms with Gasteiger partial charge in [0.15, 0.2) is 0 Å². The second-order valence-electron chi connectivity index (χ2n) is 2.17. The highest BCUT2D eigenvalue weighted by atomic mass is 35.5. The number of rotatable bonds is 3. The smallest absolute Gasteiger partial charge is 0.141 e. The SMILES string of the molecule is C=CCOc1cc(F)ccc1Cl. The molecule has 0 aliphatic heterocycles. The Bertz CT molecular complexity index is 286. The van der Waals surface area contributed by atoms with Crippen LogP contribution in [-0.2, 0) is 0 Å². The molecule has 0 aliphatic rings. The van der Waals surface area contributed by atoms with Crippen LogP contribution in [0.4, 0.5) is 4.39 Å². The maximum atomic E-state index is 12.6. The molecule has 0 bridgehead atoms. The second kappa shape index (κ2) is 4.12. The highest BCUT2D eigenvalue weighted by Gasteiger charge is 2.01. The lowest BCUT2D eigenvalue weighted by Gasteiger charge is -2.04. The summed E-state index contributed by atoms with van der Waals surface area (Å²) in [5.74, 6) is -0.0185. The van der Waals surface area contributed by atoms with Crippen LogP contribution in [0.3, 0.4) is 0 Å². The summed E-state index contributed by atoms with van der Waals surface area (Å²) in [6, 6.07) is 3.98. The molecule has 0 saturated carbocycles. The first-order chi connectivity index (χ1) is 5.74. The Morgan fingerprint density at radius 1 is 1.58 bits per heavy atom. The van der Waals surface area contributed by atoms with E-state index in [0.717, 1.165) is 0 Å². The Hall–Kier alpha value is -1.02. The molecule has 3 heteroatoms. The minimum Gasteiger partial charge on any atom is -0.488 e. The van der Waals surface area contributed by atoms with Crippen molar-refractivity contribution >= 4 is 11.6 Å². The quantitative estimate of drug-likeness (QED) is 0.660. The lowest BCUT2D eigenvalue weighted by atomic mass is 10.3. The zero-order valence-electron chi connectivity index (χ0n) is 6.39. The van der Waals surface area contributed by atoms with Crippen LogP contribution in [0.5, 0.6) is 5.75 Å². The van der Waals surface area contributed by atoms with Crippen molar-refractivity contribution in [1.29, 1.82) is 0 Å². The molecule has 12 heavy (non-hydrogen) atoms. The third-order valence-corrected chi connectivity index (χ3v) is 1.56. The molecule has 0 unspecified atom stereocenters. The minimum atomic E-state index is -0.363. The Morgan fingerprint density at radius 3 is 3.00 bits per heavy atom. The van der Waals surface area contributed by atoms with Crippen molar-refractivity contribution in [2.75, 3.05) is 6.61 Å². The highest BCUT2D eigenvalue weighted by molar-refractivity contribution is 6.32. The molecule has 0 heterocycles. The van der Waals surface area contributed by atoms with Crippen molar-refractivity contribution in [3.63, 3.8) is 0 Å². The van der Waals surface area contributed by atoms with Gasteiger partial charge in [0.2, 0.25) is 0 Å². The standard InChI is InChI=1S/C9H8ClFO/c1-2-5-12-9-6-7(11)3-4-8(9)10/h2-4,6H,1,5H2. The Balaban J connectivity index is 2.82. The molecule has 0 radical (unpaired) electrons. The van der Waals surface area contributed by atoms with Gasteiger partial charge in [-0.25, -0.2) is 4.39 Å². The van der Waals surface area contributed by atoms with Gasteiger partial charge in [0.05, 0.1) is 5.02 Å². The second-order valence-corrected chi connectivity index (χ2v) is 2.58. The molecule has 0 atom stereocenters. The first-order valence-electron chi connectivity index (χ1n) is 3.43. The predicted octanol–water partition coefficient (Wildman–Crippen LogP) is 3.04. The predicted molar refractivity (Wildman–Crippen MR) is 47.1 cm³/mol. The zero-order chi connectivity index (χ0) is 8.97. The van der Waals surface area contributed by atoms with Crippen molar-refractivity contribution in [2.45, 2.75) is 0 Å². The Labute approximate surface area is 75.4 Å². The van der Waals surface area contributed by atoms with Crippen molar-refractivity contribution in [1.82, 2.24) is 0 Å². The number of hydrogen-bond acceptors (Lipinski definition) is 1. The summed E-state index contributed by atoms with van der Waals surface area (Å²) in [7, 11) is 0. The summed E-state index contributed by atoms with van der Waals surface area (Å²) >= 11 is 5.71. The molecule has 0 saturated heterocycles. The van der Waals surface area contributed by atoms with E-state index in [1.165, 1.54) is 18.2 Å². The molecule has 0 fully saturated rings. The van der Waals surface area contributed by atoms with Crippen LogP contribution in [0.25, 0.3) is 0 Å².